The first-order valence-electron chi connectivity index (χ1n) is 9.21. The van der Waals surface area contributed by atoms with E-state index in [0.29, 0.717) is 5.56 Å². The van der Waals surface area contributed by atoms with Gasteiger partial charge in [0.25, 0.3) is 0 Å². The van der Waals surface area contributed by atoms with Crippen LogP contribution in [0.4, 0.5) is 4.39 Å². The van der Waals surface area contributed by atoms with Gasteiger partial charge in [0.1, 0.15) is 11.6 Å². The molecule has 1 saturated heterocycles. The number of nitrogens with zero attached hydrogens (tertiary/aromatic N) is 2. The molecule has 1 aliphatic heterocycles. The molecule has 1 aromatic carbocycles. The Morgan fingerprint density at radius 3 is 3.00 bits per heavy atom. The first-order chi connectivity index (χ1) is 13.0. The summed E-state index contributed by atoms with van der Waals surface area (Å²) in [5.41, 5.74) is 2.01. The summed E-state index contributed by atoms with van der Waals surface area (Å²) in [4.78, 5) is 22.5. The molecule has 27 heavy (non-hydrogen) atoms. The van der Waals surface area contributed by atoms with Crippen molar-refractivity contribution < 1.29 is 13.9 Å². The highest BCUT2D eigenvalue weighted by molar-refractivity contribution is 7.99. The number of nitrogens with one attached hydrogen (secondary N) is 1. The molecule has 5 nitrogen and oxygen atoms in total. The largest absolute Gasteiger partial charge is 0.380 e. The fourth-order valence-electron chi connectivity index (χ4n) is 3.45. The lowest BCUT2D eigenvalue weighted by molar-refractivity contribution is -0.134. The number of H-pyrrole nitrogens is 1. The second-order valence-corrected chi connectivity index (χ2v) is 8.02. The summed E-state index contributed by atoms with van der Waals surface area (Å²) in [6, 6.07) is 5.03. The van der Waals surface area contributed by atoms with E-state index in [1.165, 1.54) is 6.07 Å². The zero-order chi connectivity index (χ0) is 19.4. The molecule has 3 rings (SSSR count). The number of piperidine rings is 1. The van der Waals surface area contributed by atoms with Gasteiger partial charge in [-0.25, -0.2) is 9.37 Å². The van der Waals surface area contributed by atoms with Crippen LogP contribution in [0.5, 0.6) is 0 Å². The van der Waals surface area contributed by atoms with Gasteiger partial charge in [-0.3, -0.25) is 4.79 Å². The van der Waals surface area contributed by atoms with Gasteiger partial charge >= 0.3 is 0 Å². The summed E-state index contributed by atoms with van der Waals surface area (Å²) in [6.07, 6.45) is 6.64. The molecule has 1 aliphatic rings. The summed E-state index contributed by atoms with van der Waals surface area (Å²) < 4.78 is 19.2. The van der Waals surface area contributed by atoms with E-state index in [1.807, 2.05) is 24.1 Å². The lowest BCUT2D eigenvalue weighted by Gasteiger charge is -2.36. The summed E-state index contributed by atoms with van der Waals surface area (Å²) in [5, 5.41) is -0.0672. The lowest BCUT2D eigenvalue weighted by atomic mass is 10.0. The van der Waals surface area contributed by atoms with Crippen molar-refractivity contribution in [3.05, 3.63) is 41.6 Å². The van der Waals surface area contributed by atoms with E-state index in [0.717, 1.165) is 42.9 Å². The van der Waals surface area contributed by atoms with Crippen molar-refractivity contribution in [2.45, 2.75) is 44.1 Å². The van der Waals surface area contributed by atoms with Crippen LogP contribution in [0.2, 0.25) is 0 Å². The van der Waals surface area contributed by atoms with E-state index >= 15 is 0 Å². The van der Waals surface area contributed by atoms with Gasteiger partial charge in [0, 0.05) is 24.8 Å². The highest BCUT2D eigenvalue weighted by atomic mass is 32.2. The fourth-order valence-corrected chi connectivity index (χ4v) is 3.79. The van der Waals surface area contributed by atoms with Gasteiger partial charge < -0.3 is 14.6 Å². The first-order valence-corrected chi connectivity index (χ1v) is 10.5. The van der Waals surface area contributed by atoms with Gasteiger partial charge in [0.05, 0.1) is 29.8 Å². The number of benzene rings is 1. The van der Waals surface area contributed by atoms with E-state index in [2.05, 4.69) is 9.97 Å². The number of hydrogen-bond acceptors (Lipinski definition) is 4. The average molecular weight is 392 g/mol. The van der Waals surface area contributed by atoms with Crippen LogP contribution < -0.4 is 0 Å². The molecule has 0 spiro atoms. The summed E-state index contributed by atoms with van der Waals surface area (Å²) in [5.74, 6) is 0.626. The third-order valence-electron chi connectivity index (χ3n) is 5.06. The van der Waals surface area contributed by atoms with Crippen molar-refractivity contribution in [2.24, 2.45) is 0 Å². The van der Waals surface area contributed by atoms with Crippen LogP contribution >= 0.6 is 11.8 Å². The number of halogens is 1. The Labute approximate surface area is 163 Å². The number of rotatable bonds is 6. The predicted molar refractivity (Wildman–Crippen MR) is 106 cm³/mol. The molecule has 0 radical (unpaired) electrons. The molecule has 1 aromatic heterocycles. The van der Waals surface area contributed by atoms with Crippen LogP contribution in [-0.4, -0.2) is 45.9 Å². The number of aromatic amines is 1. The number of aromatic nitrogens is 2. The maximum Gasteiger partial charge on any atom is 0.236 e. The number of likely N-dealkylation sites (tertiary alicyclic amines) is 1. The van der Waals surface area contributed by atoms with E-state index in [9.17, 15) is 9.18 Å². The Balaban J connectivity index is 1.83. The number of imidazole rings is 1. The number of hydrogen-bond donors (Lipinski definition) is 1. The molecule has 2 unspecified atom stereocenters. The Morgan fingerprint density at radius 2 is 2.30 bits per heavy atom. The Morgan fingerprint density at radius 1 is 1.48 bits per heavy atom. The minimum atomic E-state index is -0.297. The third kappa shape index (κ3) is 4.35. The van der Waals surface area contributed by atoms with Gasteiger partial charge in [0.15, 0.2) is 0 Å². The van der Waals surface area contributed by atoms with Crippen LogP contribution in [0, 0.1) is 5.82 Å². The SMILES string of the molecule is COCc1ccc(-c2cnc(C3CCCCN3C(=O)C(C)SC)[nH]2)cc1F. The highest BCUT2D eigenvalue weighted by Gasteiger charge is 2.32. The smallest absolute Gasteiger partial charge is 0.236 e. The van der Waals surface area contributed by atoms with Crippen LogP contribution in [0.1, 0.15) is 43.6 Å². The van der Waals surface area contributed by atoms with Crippen LogP contribution in [0.3, 0.4) is 0 Å². The lowest BCUT2D eigenvalue weighted by Crippen LogP contribution is -2.42. The number of thioether (sulfide) groups is 1. The minimum absolute atomic E-state index is 0.0489. The van der Waals surface area contributed by atoms with E-state index < -0.39 is 0 Å². The molecule has 7 heteroatoms. The molecule has 2 atom stereocenters. The Kier molecular flexibility index (Phi) is 6.55. The number of amides is 1. The number of carbonyl (C=O) groups is 1. The average Bonchev–Trinajstić information content (AvgIpc) is 3.18. The van der Waals surface area contributed by atoms with E-state index in [4.69, 9.17) is 4.74 Å². The molecule has 2 heterocycles. The fraction of sp³-hybridized carbons (Fsp3) is 0.500. The maximum absolute atomic E-state index is 14.2. The van der Waals surface area contributed by atoms with Crippen molar-refractivity contribution in [1.82, 2.24) is 14.9 Å². The monoisotopic (exact) mass is 391 g/mol. The van der Waals surface area contributed by atoms with Gasteiger partial charge in [-0.05, 0) is 38.5 Å². The Bertz CT molecular complexity index is 795. The number of carbonyl (C=O) groups excluding carboxylic acids is 1. The third-order valence-corrected chi connectivity index (χ3v) is 5.97. The summed E-state index contributed by atoms with van der Waals surface area (Å²) >= 11 is 1.56. The second-order valence-electron chi connectivity index (χ2n) is 6.84. The quantitative estimate of drug-likeness (QED) is 0.803. The van der Waals surface area contributed by atoms with E-state index in [-0.39, 0.29) is 29.6 Å². The molecule has 0 aliphatic carbocycles. The van der Waals surface area contributed by atoms with Gasteiger partial charge in [-0.2, -0.15) is 11.8 Å². The molecule has 1 N–H and O–H groups in total. The molecular weight excluding hydrogens is 365 g/mol. The van der Waals surface area contributed by atoms with Crippen LogP contribution in [-0.2, 0) is 16.1 Å². The molecule has 2 aromatic rings. The number of methoxy groups -OCH3 is 1. The molecule has 146 valence electrons. The topological polar surface area (TPSA) is 58.2 Å². The Hall–Kier alpha value is -1.86. The molecule has 0 bridgehead atoms. The zero-order valence-electron chi connectivity index (χ0n) is 16.0. The predicted octanol–water partition coefficient (Wildman–Crippen LogP) is 4.17. The van der Waals surface area contributed by atoms with Crippen molar-refractivity contribution in [3.8, 4) is 11.3 Å². The van der Waals surface area contributed by atoms with Crippen LogP contribution in [0.15, 0.2) is 24.4 Å². The highest BCUT2D eigenvalue weighted by Crippen LogP contribution is 2.32. The molecular formula is C20H26FN3O2S. The van der Waals surface area contributed by atoms with Crippen molar-refractivity contribution in [3.63, 3.8) is 0 Å². The molecule has 0 saturated carbocycles. The maximum atomic E-state index is 14.2. The van der Waals surface area contributed by atoms with Gasteiger partial charge in [-0.1, -0.05) is 12.1 Å². The zero-order valence-corrected chi connectivity index (χ0v) is 16.8. The normalized spacial score (nSPS) is 18.5. The minimum Gasteiger partial charge on any atom is -0.380 e. The van der Waals surface area contributed by atoms with Crippen molar-refractivity contribution in [1.29, 1.82) is 0 Å². The van der Waals surface area contributed by atoms with Crippen molar-refractivity contribution in [2.75, 3.05) is 19.9 Å². The standard InChI is InChI=1S/C20H26FN3O2S/c1-13(27-3)20(25)24-9-5-4-6-18(24)19-22-11-17(23-19)14-7-8-15(12-26-2)16(21)10-14/h7-8,10-11,13,18H,4-6,9,12H2,1-3H3,(H,22,23). The summed E-state index contributed by atoms with van der Waals surface area (Å²) in [6.45, 7) is 2.94. The molecule has 1 fully saturated rings. The van der Waals surface area contributed by atoms with Crippen LogP contribution in [0.25, 0.3) is 11.3 Å². The van der Waals surface area contributed by atoms with E-state index in [1.54, 1.807) is 31.1 Å². The van der Waals surface area contributed by atoms with Crippen molar-refractivity contribution >= 4 is 17.7 Å². The molecule has 1 amide bonds. The number of ether oxygens (including phenoxy) is 1. The first kappa shape index (κ1) is 19.9. The second kappa shape index (κ2) is 8.89. The van der Waals surface area contributed by atoms with Gasteiger partial charge in [-0.15, -0.1) is 0 Å². The summed E-state index contributed by atoms with van der Waals surface area (Å²) in [7, 11) is 1.55. The van der Waals surface area contributed by atoms with Gasteiger partial charge in [0.2, 0.25) is 5.91 Å².